The Morgan fingerprint density at radius 3 is 0.682 bits per heavy atom. The van der Waals surface area contributed by atoms with Crippen LogP contribution in [0.1, 0.15) is 29.2 Å². The second kappa shape index (κ2) is 33.6. The number of ether oxygens (including phenoxy) is 4. The van der Waals surface area contributed by atoms with E-state index >= 15 is 0 Å². The number of hydrogen-bond donors (Lipinski definition) is 5. The van der Waals surface area contributed by atoms with E-state index in [1.54, 1.807) is 24.3 Å². The van der Waals surface area contributed by atoms with Crippen LogP contribution in [-0.4, -0.2) is 161 Å². The number of sulfone groups is 4. The number of hydrogen-bond acceptors (Lipinski definition) is 29. The summed E-state index contributed by atoms with van der Waals surface area (Å²) in [5, 5.41) is 46.0. The van der Waals surface area contributed by atoms with Gasteiger partial charge < -0.3 is 24.1 Å². The molecule has 4 amide bonds. The van der Waals surface area contributed by atoms with Gasteiger partial charge in [-0.2, -0.15) is 0 Å². The minimum atomic E-state index is -3.42. The second-order valence-electron chi connectivity index (χ2n) is 17.5. The number of amides is 4. The van der Waals surface area contributed by atoms with Crippen molar-refractivity contribution in [1.82, 2.24) is 40.8 Å². The number of carbonyl (C=O) groups is 5. The Balaban J connectivity index is 0.000000246. The molecule has 4 heterocycles. The fourth-order valence-electron chi connectivity index (χ4n) is 5.71. The number of benzene rings is 4. The molecule has 0 fully saturated rings. The molecule has 8 aromatic rings. The van der Waals surface area contributed by atoms with Gasteiger partial charge in [-0.05, 0) is 74.2 Å². The highest BCUT2D eigenvalue weighted by atomic mass is 32.3. The van der Waals surface area contributed by atoms with Crippen molar-refractivity contribution in [2.24, 2.45) is 0 Å². The zero-order valence-electron chi connectivity index (χ0n) is 47.8. The Bertz CT molecular complexity index is 3650. The number of carboxylic acids is 1. The largest absolute Gasteiger partial charge is 0.483 e. The van der Waals surface area contributed by atoms with Crippen molar-refractivity contribution in [2.75, 3.05) is 72.7 Å². The number of carbonyl (C=O) groups excluding carboxylic acids is 4. The third-order valence-corrected chi connectivity index (χ3v) is 19.7. The van der Waals surface area contributed by atoms with Gasteiger partial charge in [-0.15, -0.1) is 40.8 Å². The Morgan fingerprint density at radius 2 is 0.534 bits per heavy atom. The van der Waals surface area contributed by atoms with Gasteiger partial charge in [0.2, 0.25) is 77.2 Å². The van der Waals surface area contributed by atoms with Crippen molar-refractivity contribution in [1.29, 1.82) is 0 Å². The van der Waals surface area contributed by atoms with E-state index in [1.807, 2.05) is 100 Å². The molecule has 88 heavy (non-hydrogen) atoms. The lowest BCUT2D eigenvalue weighted by Crippen LogP contribution is -2.20. The minimum absolute atomic E-state index is 0.119. The summed E-state index contributed by atoms with van der Waals surface area (Å²) in [7, 11) is -13.7. The van der Waals surface area contributed by atoms with E-state index in [0.717, 1.165) is 99.5 Å². The van der Waals surface area contributed by atoms with Gasteiger partial charge >= 0.3 is 0 Å². The van der Waals surface area contributed by atoms with Crippen LogP contribution in [0.4, 0.5) is 20.5 Å². The molecule has 0 atom stereocenters. The molecule has 0 radical (unpaired) electrons. The predicted molar refractivity (Wildman–Crippen MR) is 327 cm³/mol. The summed E-state index contributed by atoms with van der Waals surface area (Å²) in [5.41, 5.74) is 3.67. The van der Waals surface area contributed by atoms with E-state index < -0.39 is 68.9 Å². The lowest BCUT2D eigenvalue weighted by Gasteiger charge is -2.07. The monoisotopic (exact) mass is 1370 g/mol. The quantitative estimate of drug-likeness (QED) is 0.0615. The molecule has 30 nitrogen and oxygen atoms in total. The van der Waals surface area contributed by atoms with Crippen molar-refractivity contribution < 1.29 is 81.7 Å². The van der Waals surface area contributed by atoms with Gasteiger partial charge in [-0.1, -0.05) is 118 Å². The van der Waals surface area contributed by atoms with Gasteiger partial charge in [0.05, 0.1) is 0 Å². The number of para-hydroxylation sites is 4. The van der Waals surface area contributed by atoms with Crippen molar-refractivity contribution in [3.8, 4) is 23.0 Å². The molecule has 0 unspecified atom stereocenters. The molecule has 4 aromatic carbocycles. The zero-order valence-corrected chi connectivity index (χ0v) is 54.3. The maximum absolute atomic E-state index is 11.7. The number of anilines is 4. The first-order valence-corrected chi connectivity index (χ1v) is 35.3. The summed E-state index contributed by atoms with van der Waals surface area (Å²) in [6.07, 6.45) is 4.11. The molecule has 4 aromatic heterocycles. The molecule has 0 aliphatic rings. The van der Waals surface area contributed by atoms with Crippen LogP contribution in [0.25, 0.3) is 0 Å². The van der Waals surface area contributed by atoms with E-state index in [1.165, 1.54) is 0 Å². The fourth-order valence-corrected chi connectivity index (χ4v) is 11.8. The molecule has 5 N–H and O–H groups in total. The fraction of sp³-hybridized carbons (Fsp3) is 0.260. The summed E-state index contributed by atoms with van der Waals surface area (Å²) in [6.45, 7) is 7.79. The first-order chi connectivity index (χ1) is 41.2. The molecule has 0 saturated heterocycles. The van der Waals surface area contributed by atoms with Crippen molar-refractivity contribution in [2.45, 2.75) is 52.0 Å². The molecule has 0 saturated carbocycles. The minimum Gasteiger partial charge on any atom is -0.483 e. The Hall–Kier alpha value is -8.53. The maximum Gasteiger partial charge on any atom is 0.300 e. The summed E-state index contributed by atoms with van der Waals surface area (Å²) in [6, 6.07) is 29.2. The molecule has 8 rings (SSSR count). The van der Waals surface area contributed by atoms with Crippen LogP contribution in [-0.2, 0) is 63.3 Å². The zero-order chi connectivity index (χ0) is 65.4. The maximum atomic E-state index is 11.7. The topological polar surface area (TPSA) is 430 Å². The molecular formula is C50H56N12O18S8. The number of aryl methyl sites for hydroxylation is 4. The smallest absolute Gasteiger partial charge is 0.300 e. The standard InChI is InChI=1S/4C12H13N3O4S2.C2H4O2/c4*1-8-5-3-4-6-9(8)19-7-10(16)13-11-14-15-12(20-11)21(2,17)18;1-2(3)4/h4*3-6H,7H2,1-2H3,(H,13,14,16);1H3,(H,3,4). The van der Waals surface area contributed by atoms with Crippen LogP contribution >= 0.6 is 45.3 Å². The SMILES string of the molecule is CC(=O)O.Cc1ccccc1OCC(=O)Nc1nnc(S(C)(=O)=O)s1.Cc1ccccc1OCC(=O)Nc1nnc(S(C)(=O)=O)s1.Cc1ccccc1OCC(=O)Nc1nnc(S(C)(=O)=O)s1.Cc1ccccc1OCC(=O)Nc1nnc(S(C)(=O)=O)s1. The van der Waals surface area contributed by atoms with E-state index in [9.17, 15) is 52.8 Å². The average molecular weight is 1370 g/mol. The Labute approximate surface area is 520 Å². The van der Waals surface area contributed by atoms with Gasteiger partial charge in [0.1, 0.15) is 23.0 Å². The van der Waals surface area contributed by atoms with Gasteiger partial charge in [-0.25, -0.2) is 33.7 Å². The van der Waals surface area contributed by atoms with Gasteiger partial charge in [0.15, 0.2) is 26.4 Å². The summed E-state index contributed by atoms with van der Waals surface area (Å²) in [5.74, 6) is -0.125. The van der Waals surface area contributed by atoms with Gasteiger partial charge in [0.25, 0.3) is 29.6 Å². The van der Waals surface area contributed by atoms with Gasteiger partial charge in [-0.3, -0.25) is 45.2 Å². The first kappa shape index (κ1) is 71.9. The number of rotatable bonds is 20. The number of nitrogens with zero attached hydrogens (tertiary/aromatic N) is 8. The van der Waals surface area contributed by atoms with Crippen molar-refractivity contribution in [3.63, 3.8) is 0 Å². The van der Waals surface area contributed by atoms with Crippen LogP contribution in [0.5, 0.6) is 23.0 Å². The number of aliphatic carboxylic acids is 1. The molecule has 0 bridgehead atoms. The lowest BCUT2D eigenvalue weighted by atomic mass is 10.2. The number of carboxylic acid groups (broad SMARTS) is 1. The van der Waals surface area contributed by atoms with Crippen molar-refractivity contribution >= 4 is 135 Å². The van der Waals surface area contributed by atoms with Crippen LogP contribution < -0.4 is 40.2 Å². The van der Waals surface area contributed by atoms with Crippen LogP contribution in [0.3, 0.4) is 0 Å². The molecule has 472 valence electrons. The molecule has 0 spiro atoms. The summed E-state index contributed by atoms with van der Waals surface area (Å²) in [4.78, 5) is 55.8. The van der Waals surface area contributed by atoms with Crippen LogP contribution in [0, 0.1) is 27.7 Å². The third kappa shape index (κ3) is 26.2. The van der Waals surface area contributed by atoms with E-state index in [4.69, 9.17) is 28.8 Å². The number of aromatic nitrogens is 8. The van der Waals surface area contributed by atoms with Crippen LogP contribution in [0.15, 0.2) is 114 Å². The van der Waals surface area contributed by atoms with Gasteiger partial charge in [0, 0.05) is 31.9 Å². The molecular weight excluding hydrogens is 1310 g/mol. The number of nitrogens with one attached hydrogen (secondary N) is 4. The predicted octanol–water partition coefficient (Wildman–Crippen LogP) is 5.16. The third-order valence-electron chi connectivity index (χ3n) is 9.69. The van der Waals surface area contributed by atoms with Crippen molar-refractivity contribution in [3.05, 3.63) is 119 Å². The van der Waals surface area contributed by atoms with E-state index in [2.05, 4.69) is 62.1 Å². The highest BCUT2D eigenvalue weighted by Gasteiger charge is 2.20. The highest BCUT2D eigenvalue weighted by molar-refractivity contribution is 7.93. The van der Waals surface area contributed by atoms with Crippen LogP contribution in [0.2, 0.25) is 0 Å². The highest BCUT2D eigenvalue weighted by Crippen LogP contribution is 2.25. The first-order valence-electron chi connectivity index (χ1n) is 24.4. The molecule has 0 aliphatic carbocycles. The summed E-state index contributed by atoms with van der Waals surface area (Å²) >= 11 is 3.18. The lowest BCUT2D eigenvalue weighted by molar-refractivity contribution is -0.134. The van der Waals surface area contributed by atoms with E-state index in [0.29, 0.717) is 23.0 Å². The molecule has 0 aliphatic heterocycles. The Morgan fingerprint density at radius 1 is 0.364 bits per heavy atom. The summed E-state index contributed by atoms with van der Waals surface area (Å²) < 4.78 is 111. The average Bonchev–Trinajstić information content (AvgIpc) is 4.36. The normalized spacial score (nSPS) is 10.9. The second-order valence-corrected chi connectivity index (χ2v) is 30.2. The van der Waals surface area contributed by atoms with E-state index in [-0.39, 0.29) is 64.3 Å². The molecule has 38 heteroatoms. The Kier molecular flexibility index (Phi) is 27.4.